The lowest BCUT2D eigenvalue weighted by molar-refractivity contribution is 0.0969. The van der Waals surface area contributed by atoms with E-state index in [2.05, 4.69) is 26.0 Å². The van der Waals surface area contributed by atoms with Crippen LogP contribution < -0.4 is 10.3 Å². The van der Waals surface area contributed by atoms with E-state index in [4.69, 9.17) is 13.8 Å². The first-order chi connectivity index (χ1) is 15.5. The summed E-state index contributed by atoms with van der Waals surface area (Å²) in [4.78, 5) is 33.3. The summed E-state index contributed by atoms with van der Waals surface area (Å²) in [5, 5.41) is 0.936. The quantitative estimate of drug-likeness (QED) is 0.349. The fourth-order valence-corrected chi connectivity index (χ4v) is 5.26. The van der Waals surface area contributed by atoms with Crippen molar-refractivity contribution in [2.75, 3.05) is 4.90 Å². The molecule has 2 aromatic carbocycles. The molecule has 0 unspecified atom stereocenters. The van der Waals surface area contributed by atoms with Crippen LogP contribution in [0.15, 0.2) is 74.5 Å². The topological polar surface area (TPSA) is 76.6 Å². The lowest BCUT2D eigenvalue weighted by Crippen LogP contribution is -2.29. The Morgan fingerprint density at radius 1 is 1.06 bits per heavy atom. The molecule has 1 amide bonds. The summed E-state index contributed by atoms with van der Waals surface area (Å²) in [6.07, 6.45) is 1.53. The minimum Gasteiger partial charge on any atom is -0.467 e. The Labute approximate surface area is 186 Å². The summed E-state index contributed by atoms with van der Waals surface area (Å²) in [6, 6.07) is 15.9. The van der Waals surface area contributed by atoms with E-state index in [1.807, 2.05) is 6.07 Å². The smallest absolute Gasteiger partial charge is 0.297 e. The van der Waals surface area contributed by atoms with Crippen LogP contribution in [0, 0.1) is 0 Å². The van der Waals surface area contributed by atoms with Gasteiger partial charge in [-0.3, -0.25) is 14.5 Å². The van der Waals surface area contributed by atoms with Gasteiger partial charge in [0.05, 0.1) is 27.4 Å². The van der Waals surface area contributed by atoms with Gasteiger partial charge in [0.25, 0.3) is 5.91 Å². The molecular formula is C25H18N2O4S. The van der Waals surface area contributed by atoms with Crippen molar-refractivity contribution >= 4 is 43.6 Å². The van der Waals surface area contributed by atoms with Gasteiger partial charge in [-0.05, 0) is 47.9 Å². The molecule has 0 N–H and O–H groups in total. The van der Waals surface area contributed by atoms with E-state index in [1.165, 1.54) is 28.1 Å². The maximum atomic E-state index is 13.6. The minimum atomic E-state index is -0.738. The molecule has 3 aromatic heterocycles. The number of thiazole rings is 1. The SMILES string of the molecule is CC(C)c1ccc2nc(N3C(=O)c4oc5ccccc5c(=O)c4[C@@H]3c3ccco3)sc2c1. The molecule has 0 fully saturated rings. The fraction of sp³-hybridized carbons (Fsp3) is 0.160. The number of para-hydroxylation sites is 1. The molecule has 1 aliphatic rings. The van der Waals surface area contributed by atoms with Gasteiger partial charge in [0.1, 0.15) is 17.4 Å². The van der Waals surface area contributed by atoms with Gasteiger partial charge in [-0.1, -0.05) is 43.4 Å². The Kier molecular flexibility index (Phi) is 4.10. The molecule has 4 heterocycles. The van der Waals surface area contributed by atoms with Gasteiger partial charge < -0.3 is 8.83 Å². The number of carbonyl (C=O) groups is 1. The molecule has 0 saturated heterocycles. The van der Waals surface area contributed by atoms with Crippen LogP contribution in [0.3, 0.4) is 0 Å². The zero-order chi connectivity index (χ0) is 22.0. The van der Waals surface area contributed by atoms with E-state index in [1.54, 1.807) is 36.4 Å². The summed E-state index contributed by atoms with van der Waals surface area (Å²) in [5.74, 6) is 0.513. The molecule has 0 spiro atoms. The number of fused-ring (bicyclic) bond motifs is 3. The second-order valence-corrected chi connectivity index (χ2v) is 9.15. The largest absolute Gasteiger partial charge is 0.467 e. The highest BCUT2D eigenvalue weighted by Crippen LogP contribution is 2.43. The number of hydrogen-bond acceptors (Lipinski definition) is 6. The number of hydrogen-bond donors (Lipinski definition) is 0. The zero-order valence-electron chi connectivity index (χ0n) is 17.4. The number of nitrogens with zero attached hydrogens (tertiary/aromatic N) is 2. The lowest BCUT2D eigenvalue weighted by Gasteiger charge is -2.19. The highest BCUT2D eigenvalue weighted by Gasteiger charge is 2.46. The van der Waals surface area contributed by atoms with Crippen LogP contribution in [0.2, 0.25) is 0 Å². The van der Waals surface area contributed by atoms with E-state index in [-0.39, 0.29) is 16.8 Å². The van der Waals surface area contributed by atoms with Crippen LogP contribution in [0.4, 0.5) is 5.13 Å². The Morgan fingerprint density at radius 3 is 2.69 bits per heavy atom. The summed E-state index contributed by atoms with van der Waals surface area (Å²) >= 11 is 1.42. The van der Waals surface area contributed by atoms with E-state index in [0.717, 1.165) is 10.2 Å². The lowest BCUT2D eigenvalue weighted by atomic mass is 10.0. The van der Waals surface area contributed by atoms with Gasteiger partial charge in [-0.15, -0.1) is 0 Å². The molecule has 6 nitrogen and oxygen atoms in total. The van der Waals surface area contributed by atoms with Crippen molar-refractivity contribution in [2.24, 2.45) is 0 Å². The standard InChI is InChI=1S/C25H18N2O4S/c1-13(2)14-9-10-16-19(12-14)32-25(26-16)27-21(18-8-5-11-30-18)20-22(28)15-6-3-4-7-17(15)31-23(20)24(27)29/h3-13,21H,1-2H3/t21-/m0/s1. The van der Waals surface area contributed by atoms with Crippen molar-refractivity contribution in [3.05, 3.63) is 93.7 Å². The number of carbonyl (C=O) groups excluding carboxylic acids is 1. The Balaban J connectivity index is 1.59. The predicted octanol–water partition coefficient (Wildman–Crippen LogP) is 5.87. The third-order valence-electron chi connectivity index (χ3n) is 5.86. The van der Waals surface area contributed by atoms with E-state index >= 15 is 0 Å². The number of amides is 1. The van der Waals surface area contributed by atoms with Crippen molar-refractivity contribution in [3.8, 4) is 0 Å². The fourth-order valence-electron chi connectivity index (χ4n) is 4.22. The first kappa shape index (κ1) is 19.0. The number of anilines is 1. The molecule has 0 aliphatic carbocycles. The van der Waals surface area contributed by atoms with Crippen molar-refractivity contribution < 1.29 is 13.6 Å². The van der Waals surface area contributed by atoms with Crippen molar-refractivity contribution in [2.45, 2.75) is 25.8 Å². The Bertz CT molecular complexity index is 1560. The van der Waals surface area contributed by atoms with Gasteiger partial charge in [0.2, 0.25) is 5.76 Å². The molecule has 0 radical (unpaired) electrons. The minimum absolute atomic E-state index is 0.0391. The maximum absolute atomic E-state index is 13.6. The van der Waals surface area contributed by atoms with Gasteiger partial charge >= 0.3 is 0 Å². The summed E-state index contributed by atoms with van der Waals surface area (Å²) in [5.41, 5.74) is 2.44. The molecule has 32 heavy (non-hydrogen) atoms. The first-order valence-electron chi connectivity index (χ1n) is 10.4. The number of aromatic nitrogens is 1. The van der Waals surface area contributed by atoms with Crippen LogP contribution in [0.5, 0.6) is 0 Å². The van der Waals surface area contributed by atoms with Crippen LogP contribution >= 0.6 is 11.3 Å². The van der Waals surface area contributed by atoms with Crippen molar-refractivity contribution in [3.63, 3.8) is 0 Å². The summed E-state index contributed by atoms with van der Waals surface area (Å²) in [7, 11) is 0. The van der Waals surface area contributed by atoms with Crippen molar-refractivity contribution in [1.29, 1.82) is 0 Å². The van der Waals surface area contributed by atoms with Crippen LogP contribution in [-0.4, -0.2) is 10.9 Å². The third kappa shape index (κ3) is 2.67. The molecule has 1 atom stereocenters. The third-order valence-corrected chi connectivity index (χ3v) is 6.88. The predicted molar refractivity (Wildman–Crippen MR) is 124 cm³/mol. The first-order valence-corrected chi connectivity index (χ1v) is 11.2. The molecule has 0 bridgehead atoms. The van der Waals surface area contributed by atoms with Crippen LogP contribution in [-0.2, 0) is 0 Å². The number of rotatable bonds is 3. The van der Waals surface area contributed by atoms with Gasteiger partial charge in [0.15, 0.2) is 10.6 Å². The Hall–Kier alpha value is -3.71. The molecule has 5 aromatic rings. The molecule has 0 saturated carbocycles. The molecule has 7 heteroatoms. The monoisotopic (exact) mass is 442 g/mol. The van der Waals surface area contributed by atoms with Gasteiger partial charge in [-0.25, -0.2) is 4.98 Å². The van der Waals surface area contributed by atoms with Crippen LogP contribution in [0.1, 0.15) is 53.2 Å². The average Bonchev–Trinajstić information content (AvgIpc) is 3.51. The van der Waals surface area contributed by atoms with Gasteiger partial charge in [0, 0.05) is 0 Å². The summed E-state index contributed by atoms with van der Waals surface area (Å²) in [6.45, 7) is 4.28. The molecule has 6 rings (SSSR count). The van der Waals surface area contributed by atoms with E-state index in [9.17, 15) is 9.59 Å². The highest BCUT2D eigenvalue weighted by molar-refractivity contribution is 7.22. The average molecular weight is 442 g/mol. The van der Waals surface area contributed by atoms with E-state index in [0.29, 0.717) is 27.8 Å². The second-order valence-electron chi connectivity index (χ2n) is 8.14. The number of furan rings is 1. The molecule has 158 valence electrons. The molecular weight excluding hydrogens is 424 g/mol. The van der Waals surface area contributed by atoms with Gasteiger partial charge in [-0.2, -0.15) is 0 Å². The second kappa shape index (κ2) is 6.90. The van der Waals surface area contributed by atoms with E-state index < -0.39 is 11.9 Å². The molecule has 1 aliphatic heterocycles. The number of benzene rings is 2. The Morgan fingerprint density at radius 2 is 1.91 bits per heavy atom. The zero-order valence-corrected chi connectivity index (χ0v) is 18.2. The maximum Gasteiger partial charge on any atom is 0.297 e. The normalized spacial score (nSPS) is 15.9. The van der Waals surface area contributed by atoms with Crippen molar-refractivity contribution in [1.82, 2.24) is 4.98 Å². The summed E-state index contributed by atoms with van der Waals surface area (Å²) < 4.78 is 12.6. The highest BCUT2D eigenvalue weighted by atomic mass is 32.1. The van der Waals surface area contributed by atoms with Crippen LogP contribution in [0.25, 0.3) is 21.2 Å².